The van der Waals surface area contributed by atoms with Crippen LogP contribution >= 0.6 is 0 Å². The Morgan fingerprint density at radius 1 is 1.07 bits per heavy atom. The van der Waals surface area contributed by atoms with E-state index >= 15 is 0 Å². The van der Waals surface area contributed by atoms with Crippen molar-refractivity contribution < 1.29 is 28.9 Å². The maximum absolute atomic E-state index is 12.6. The zero-order valence-corrected chi connectivity index (χ0v) is 16.0. The molecule has 1 atom stereocenters. The Balaban J connectivity index is 2.07. The third-order valence-corrected chi connectivity index (χ3v) is 4.14. The minimum atomic E-state index is -0.517. The van der Waals surface area contributed by atoms with Crippen molar-refractivity contribution in [3.63, 3.8) is 0 Å². The fourth-order valence-electron chi connectivity index (χ4n) is 2.67. The fraction of sp³-hybridized carbons (Fsp3) is 0.333. The second-order valence-electron chi connectivity index (χ2n) is 6.10. The average molecular weight is 387 g/mol. The van der Waals surface area contributed by atoms with E-state index in [0.29, 0.717) is 29.9 Å². The molecule has 0 aliphatic carbocycles. The van der Waals surface area contributed by atoms with Gasteiger partial charge in [0.05, 0.1) is 14.2 Å². The first-order chi connectivity index (χ1) is 13.6. The van der Waals surface area contributed by atoms with E-state index < -0.39 is 5.97 Å². The summed E-state index contributed by atoms with van der Waals surface area (Å²) in [5.74, 6) is -0.136. The summed E-state index contributed by atoms with van der Waals surface area (Å²) in [6.07, 6.45) is 1.06. The van der Waals surface area contributed by atoms with Crippen LogP contribution in [0.2, 0.25) is 0 Å². The molecule has 1 amide bonds. The number of hydrogen-bond acceptors (Lipinski definition) is 6. The van der Waals surface area contributed by atoms with Crippen LogP contribution in [0.5, 0.6) is 11.5 Å². The highest BCUT2D eigenvalue weighted by molar-refractivity contribution is 5.95. The van der Waals surface area contributed by atoms with Gasteiger partial charge in [0.15, 0.2) is 18.1 Å². The third-order valence-electron chi connectivity index (χ3n) is 4.14. The third kappa shape index (κ3) is 6.28. The number of carbonyl (C=O) groups excluding carboxylic acids is 2. The minimum Gasteiger partial charge on any atom is -0.493 e. The molecule has 150 valence electrons. The minimum absolute atomic E-state index is 0.0264. The lowest BCUT2D eigenvalue weighted by atomic mass is 10.0. The zero-order valence-electron chi connectivity index (χ0n) is 16.0. The van der Waals surface area contributed by atoms with Gasteiger partial charge in [-0.25, -0.2) is 4.79 Å². The van der Waals surface area contributed by atoms with Crippen LogP contribution in [-0.2, 0) is 16.0 Å². The van der Waals surface area contributed by atoms with Gasteiger partial charge in [-0.15, -0.1) is 0 Å². The number of methoxy groups -OCH3 is 2. The van der Waals surface area contributed by atoms with Crippen LogP contribution < -0.4 is 14.8 Å². The summed E-state index contributed by atoms with van der Waals surface area (Å²) in [6.45, 7) is -0.282. The Morgan fingerprint density at radius 3 is 2.46 bits per heavy atom. The van der Waals surface area contributed by atoms with Crippen molar-refractivity contribution in [1.82, 2.24) is 5.32 Å². The van der Waals surface area contributed by atoms with E-state index in [-0.39, 0.29) is 25.2 Å². The summed E-state index contributed by atoms with van der Waals surface area (Å²) in [6, 6.07) is 14.2. The SMILES string of the molecule is COC(=O)COc1ccc(C(=O)N[C@@H](CCO)Cc2ccccc2)cc1OC. The van der Waals surface area contributed by atoms with Crippen LogP contribution in [0.25, 0.3) is 0 Å². The molecule has 0 heterocycles. The maximum Gasteiger partial charge on any atom is 0.343 e. The number of aliphatic hydroxyl groups excluding tert-OH is 1. The molecule has 28 heavy (non-hydrogen) atoms. The van der Waals surface area contributed by atoms with Gasteiger partial charge < -0.3 is 24.6 Å². The van der Waals surface area contributed by atoms with E-state index in [1.54, 1.807) is 18.2 Å². The lowest BCUT2D eigenvalue weighted by Gasteiger charge is -2.18. The van der Waals surface area contributed by atoms with Crippen LogP contribution in [0, 0.1) is 0 Å². The molecule has 7 heteroatoms. The quantitative estimate of drug-likeness (QED) is 0.606. The number of esters is 1. The van der Waals surface area contributed by atoms with E-state index in [9.17, 15) is 14.7 Å². The summed E-state index contributed by atoms with van der Waals surface area (Å²) in [7, 11) is 2.72. The second-order valence-corrected chi connectivity index (χ2v) is 6.10. The van der Waals surface area contributed by atoms with E-state index in [2.05, 4.69) is 10.1 Å². The van der Waals surface area contributed by atoms with Crippen LogP contribution in [0.4, 0.5) is 0 Å². The first-order valence-electron chi connectivity index (χ1n) is 8.90. The van der Waals surface area contributed by atoms with Gasteiger partial charge in [0, 0.05) is 18.2 Å². The van der Waals surface area contributed by atoms with Gasteiger partial charge in [-0.1, -0.05) is 30.3 Å². The summed E-state index contributed by atoms with van der Waals surface area (Å²) in [5, 5.41) is 12.3. The number of amides is 1. The van der Waals surface area contributed by atoms with Crippen molar-refractivity contribution in [2.24, 2.45) is 0 Å². The molecule has 2 N–H and O–H groups in total. The molecule has 0 aromatic heterocycles. The molecule has 0 saturated heterocycles. The van der Waals surface area contributed by atoms with Crippen LogP contribution in [0.3, 0.4) is 0 Å². The highest BCUT2D eigenvalue weighted by Crippen LogP contribution is 2.28. The van der Waals surface area contributed by atoms with E-state index in [1.807, 2.05) is 30.3 Å². The van der Waals surface area contributed by atoms with Gasteiger partial charge in [-0.3, -0.25) is 4.79 Å². The smallest absolute Gasteiger partial charge is 0.343 e. The molecule has 2 aromatic carbocycles. The summed E-state index contributed by atoms with van der Waals surface area (Å²) < 4.78 is 15.1. The van der Waals surface area contributed by atoms with Crippen molar-refractivity contribution >= 4 is 11.9 Å². The van der Waals surface area contributed by atoms with Crippen LogP contribution in [0.1, 0.15) is 22.3 Å². The zero-order chi connectivity index (χ0) is 20.4. The molecule has 0 aliphatic rings. The Hall–Kier alpha value is -3.06. The first kappa shape index (κ1) is 21.2. The van der Waals surface area contributed by atoms with Gasteiger partial charge >= 0.3 is 5.97 Å². The van der Waals surface area contributed by atoms with Crippen molar-refractivity contribution in [2.75, 3.05) is 27.4 Å². The molecule has 0 fully saturated rings. The molecule has 0 spiro atoms. The maximum atomic E-state index is 12.6. The lowest BCUT2D eigenvalue weighted by molar-refractivity contribution is -0.142. The molecular weight excluding hydrogens is 362 g/mol. The van der Waals surface area contributed by atoms with Gasteiger partial charge in [0.2, 0.25) is 0 Å². The topological polar surface area (TPSA) is 94.1 Å². The Labute approximate surface area is 164 Å². The first-order valence-corrected chi connectivity index (χ1v) is 8.90. The number of nitrogens with one attached hydrogen (secondary N) is 1. The molecule has 2 aromatic rings. The Kier molecular flexibility index (Phi) is 8.30. The number of carbonyl (C=O) groups is 2. The number of hydrogen-bond donors (Lipinski definition) is 2. The molecule has 0 saturated carbocycles. The predicted molar refractivity (Wildman–Crippen MR) is 104 cm³/mol. The van der Waals surface area contributed by atoms with Gasteiger partial charge in [0.1, 0.15) is 0 Å². The number of rotatable bonds is 10. The predicted octanol–water partition coefficient (Wildman–Crippen LogP) is 1.97. The van der Waals surface area contributed by atoms with Gasteiger partial charge in [0.25, 0.3) is 5.91 Å². The number of benzene rings is 2. The van der Waals surface area contributed by atoms with Gasteiger partial charge in [-0.05, 0) is 36.6 Å². The molecular formula is C21H25NO6. The Bertz CT molecular complexity index is 778. The molecule has 7 nitrogen and oxygen atoms in total. The average Bonchev–Trinajstić information content (AvgIpc) is 2.72. The molecule has 0 aliphatic heterocycles. The summed E-state index contributed by atoms with van der Waals surface area (Å²) >= 11 is 0. The molecule has 0 unspecified atom stereocenters. The van der Waals surface area contributed by atoms with Crippen molar-refractivity contribution in [3.05, 3.63) is 59.7 Å². The monoisotopic (exact) mass is 387 g/mol. The molecule has 2 rings (SSSR count). The van der Waals surface area contributed by atoms with Crippen molar-refractivity contribution in [1.29, 1.82) is 0 Å². The lowest BCUT2D eigenvalue weighted by Crippen LogP contribution is -2.37. The summed E-state index contributed by atoms with van der Waals surface area (Å²) in [4.78, 5) is 23.9. The van der Waals surface area contributed by atoms with Gasteiger partial charge in [-0.2, -0.15) is 0 Å². The highest BCUT2D eigenvalue weighted by atomic mass is 16.6. The molecule has 0 radical (unpaired) electrons. The highest BCUT2D eigenvalue weighted by Gasteiger charge is 2.17. The normalized spacial score (nSPS) is 11.4. The van der Waals surface area contributed by atoms with Crippen molar-refractivity contribution in [3.8, 4) is 11.5 Å². The summed E-state index contributed by atoms with van der Waals surface area (Å²) in [5.41, 5.74) is 1.46. The Morgan fingerprint density at radius 2 is 1.82 bits per heavy atom. The fourth-order valence-corrected chi connectivity index (χ4v) is 2.67. The second kappa shape index (κ2) is 10.9. The van der Waals surface area contributed by atoms with Crippen LogP contribution in [0.15, 0.2) is 48.5 Å². The largest absolute Gasteiger partial charge is 0.493 e. The standard InChI is InChI=1S/C21H25NO6/c1-26-19-13-16(8-9-18(19)28-14-20(24)27-2)21(25)22-17(10-11-23)12-15-6-4-3-5-7-15/h3-9,13,17,23H,10-12,14H2,1-2H3,(H,22,25)/t17-/m0/s1. The van der Waals surface area contributed by atoms with E-state index in [1.165, 1.54) is 14.2 Å². The molecule has 0 bridgehead atoms. The van der Waals surface area contributed by atoms with Crippen molar-refractivity contribution in [2.45, 2.75) is 18.9 Å². The van der Waals surface area contributed by atoms with Crippen LogP contribution in [-0.4, -0.2) is 50.5 Å². The number of aliphatic hydroxyl groups is 1. The van der Waals surface area contributed by atoms with E-state index in [4.69, 9.17) is 9.47 Å². The number of ether oxygens (including phenoxy) is 3. The van der Waals surface area contributed by atoms with E-state index in [0.717, 1.165) is 5.56 Å².